The first kappa shape index (κ1) is 36.4. The standard InChI is InChI=1S/C42H32N8O6S2/c43-31-19-35-39(21-33(31)45-25-9-7-15-29(17-25)57(51,52)53)49(27-11-3-1-4-12-27)41-23-38-42(24-37(41)47-35)50(28-13-5-2-6-14-28)40-22-34(32(44)20-36(40)48-38)46-26-10-8-16-30(18-26)58(54,55)56/h1-24,45-46H,43-44H2,(H,51,52,53)(H,54,55,56). The maximum Gasteiger partial charge on any atom is 0.294 e. The second-order valence-corrected chi connectivity index (χ2v) is 16.4. The number of nitrogens with one attached hydrogen (secondary N) is 2. The Bertz CT molecular complexity index is 2960. The molecule has 0 unspecified atom stereocenters. The number of nitrogens with zero attached hydrogens (tertiary/aromatic N) is 4. The zero-order valence-corrected chi connectivity index (χ0v) is 31.8. The summed E-state index contributed by atoms with van der Waals surface area (Å²) < 4.78 is 66.7. The maximum absolute atomic E-state index is 11.9. The van der Waals surface area contributed by atoms with Crippen molar-refractivity contribution in [2.45, 2.75) is 9.79 Å². The molecule has 0 bridgehead atoms. The van der Waals surface area contributed by atoms with Gasteiger partial charge in [-0.1, -0.05) is 48.5 Å². The molecule has 0 amide bonds. The molecule has 0 saturated carbocycles. The lowest BCUT2D eigenvalue weighted by Gasteiger charge is -2.33. The summed E-state index contributed by atoms with van der Waals surface area (Å²) in [4.78, 5) is 13.8. The summed E-state index contributed by atoms with van der Waals surface area (Å²) in [6.07, 6.45) is 0. The molecule has 0 fully saturated rings. The summed E-state index contributed by atoms with van der Waals surface area (Å²) in [6, 6.07) is 42.2. The van der Waals surface area contributed by atoms with Gasteiger partial charge in [0.1, 0.15) is 0 Å². The van der Waals surface area contributed by atoms with Crippen LogP contribution in [0.4, 0.5) is 79.6 Å². The van der Waals surface area contributed by atoms with Gasteiger partial charge >= 0.3 is 0 Å². The molecule has 7 aromatic carbocycles. The van der Waals surface area contributed by atoms with Crippen molar-refractivity contribution in [3.05, 3.63) is 156 Å². The third-order valence-electron chi connectivity index (χ3n) is 9.66. The third kappa shape index (κ3) is 6.71. The smallest absolute Gasteiger partial charge is 0.294 e. The van der Waals surface area contributed by atoms with Crippen LogP contribution in [-0.2, 0) is 20.2 Å². The van der Waals surface area contributed by atoms with Crippen LogP contribution in [0.2, 0.25) is 0 Å². The molecule has 8 N–H and O–H groups in total. The Balaban J connectivity index is 1.21. The first-order valence-corrected chi connectivity index (χ1v) is 20.6. The Hall–Kier alpha value is -7.24. The number of nitrogens with two attached hydrogens (primary N) is 2. The van der Waals surface area contributed by atoms with Crippen LogP contribution in [0.3, 0.4) is 0 Å². The van der Waals surface area contributed by atoms with Crippen LogP contribution in [0, 0.1) is 0 Å². The summed E-state index contributed by atoms with van der Waals surface area (Å²) in [5, 5.41) is 7.66. The Morgan fingerprint density at radius 3 is 1.24 bits per heavy atom. The van der Waals surface area contributed by atoms with Crippen molar-refractivity contribution < 1.29 is 25.9 Å². The van der Waals surface area contributed by atoms with Crippen molar-refractivity contribution in [2.75, 3.05) is 31.9 Å². The number of benzene rings is 7. The van der Waals surface area contributed by atoms with Gasteiger partial charge in [-0.25, -0.2) is 9.98 Å². The zero-order chi connectivity index (χ0) is 40.3. The minimum absolute atomic E-state index is 0.261. The van der Waals surface area contributed by atoms with Crippen molar-refractivity contribution in [1.82, 2.24) is 0 Å². The van der Waals surface area contributed by atoms with Gasteiger partial charge in [0, 0.05) is 22.7 Å². The highest BCUT2D eigenvalue weighted by Crippen LogP contribution is 2.48. The van der Waals surface area contributed by atoms with E-state index in [0.29, 0.717) is 67.6 Å². The van der Waals surface area contributed by atoms with Crippen molar-refractivity contribution in [3.63, 3.8) is 0 Å². The number of hydrogen-bond acceptors (Lipinski definition) is 12. The van der Waals surface area contributed by atoms with E-state index in [1.807, 2.05) is 84.9 Å². The monoisotopic (exact) mass is 808 g/mol. The molecule has 0 spiro atoms. The molecule has 0 aliphatic carbocycles. The average Bonchev–Trinajstić information content (AvgIpc) is 3.19. The van der Waals surface area contributed by atoms with Crippen molar-refractivity contribution in [1.29, 1.82) is 0 Å². The second kappa shape index (κ2) is 13.7. The fourth-order valence-corrected chi connectivity index (χ4v) is 8.09. The molecular formula is C42H32N8O6S2. The van der Waals surface area contributed by atoms with E-state index in [1.165, 1.54) is 36.4 Å². The molecule has 0 radical (unpaired) electrons. The van der Waals surface area contributed by atoms with E-state index in [9.17, 15) is 25.9 Å². The molecule has 2 heterocycles. The number of para-hydroxylation sites is 2. The lowest BCUT2D eigenvalue weighted by Crippen LogP contribution is -2.30. The van der Waals surface area contributed by atoms with Gasteiger partial charge in [0.2, 0.25) is 0 Å². The van der Waals surface area contributed by atoms with Gasteiger partial charge in [-0.2, -0.15) is 16.8 Å². The van der Waals surface area contributed by atoms with E-state index < -0.39 is 20.2 Å². The van der Waals surface area contributed by atoms with Gasteiger partial charge in [-0.15, -0.1) is 0 Å². The van der Waals surface area contributed by atoms with E-state index in [1.54, 1.807) is 24.3 Å². The van der Waals surface area contributed by atoms with Crippen LogP contribution in [-0.4, -0.2) is 25.9 Å². The molecule has 14 nitrogen and oxygen atoms in total. The van der Waals surface area contributed by atoms with Crippen LogP contribution in [0.1, 0.15) is 0 Å². The highest BCUT2D eigenvalue weighted by atomic mass is 32.2. The van der Waals surface area contributed by atoms with Crippen molar-refractivity contribution >= 4 is 99.9 Å². The minimum atomic E-state index is -4.43. The molecule has 0 atom stereocenters. The summed E-state index contributed by atoms with van der Waals surface area (Å²) >= 11 is 0. The van der Waals surface area contributed by atoms with Gasteiger partial charge in [-0.05, 0) is 97.1 Å². The number of anilines is 12. The van der Waals surface area contributed by atoms with E-state index >= 15 is 0 Å². The Morgan fingerprint density at radius 1 is 0.466 bits per heavy atom. The quantitative estimate of drug-likeness (QED) is 0.0631. The maximum atomic E-state index is 11.9. The molecule has 7 aromatic rings. The van der Waals surface area contributed by atoms with Crippen molar-refractivity contribution in [3.8, 4) is 0 Å². The fraction of sp³-hybridized carbons (Fsp3) is 0. The highest BCUT2D eigenvalue weighted by Gasteiger charge is 2.29. The summed E-state index contributed by atoms with van der Waals surface area (Å²) in [5.74, 6) is 0. The number of hydrogen-bond donors (Lipinski definition) is 6. The summed E-state index contributed by atoms with van der Waals surface area (Å²) in [5.41, 5.74) is 21.3. The van der Waals surface area contributed by atoms with Crippen LogP contribution >= 0.6 is 0 Å². The summed E-state index contributed by atoms with van der Waals surface area (Å²) in [7, 11) is -8.87. The lowest BCUT2D eigenvalue weighted by molar-refractivity contribution is 0.481. The Kier molecular flexibility index (Phi) is 8.63. The second-order valence-electron chi connectivity index (χ2n) is 13.5. The third-order valence-corrected chi connectivity index (χ3v) is 11.4. The molecule has 2 aliphatic rings. The molecule has 0 aromatic heterocycles. The molecule has 9 rings (SSSR count). The predicted octanol–water partition coefficient (Wildman–Crippen LogP) is 8.30. The topological polar surface area (TPSA) is 216 Å². The summed E-state index contributed by atoms with van der Waals surface area (Å²) in [6.45, 7) is 0. The Labute approximate surface area is 332 Å². The Morgan fingerprint density at radius 2 is 0.862 bits per heavy atom. The van der Waals surface area contributed by atoms with Crippen LogP contribution in [0.5, 0.6) is 0 Å². The van der Waals surface area contributed by atoms with Gasteiger partial charge in [0.05, 0.1) is 77.4 Å². The van der Waals surface area contributed by atoms with E-state index in [2.05, 4.69) is 20.4 Å². The van der Waals surface area contributed by atoms with Gasteiger partial charge in [-0.3, -0.25) is 9.11 Å². The lowest BCUT2D eigenvalue weighted by atomic mass is 10.0. The van der Waals surface area contributed by atoms with E-state index in [4.69, 9.17) is 21.5 Å². The first-order valence-electron chi connectivity index (χ1n) is 17.7. The average molecular weight is 809 g/mol. The first-order chi connectivity index (χ1) is 27.8. The van der Waals surface area contributed by atoms with E-state index in [-0.39, 0.29) is 9.79 Å². The normalized spacial score (nSPS) is 12.9. The number of nitrogen functional groups attached to an aromatic ring is 2. The largest absolute Gasteiger partial charge is 0.397 e. The molecule has 2 aliphatic heterocycles. The van der Waals surface area contributed by atoms with Crippen LogP contribution in [0.15, 0.2) is 165 Å². The molecule has 0 saturated heterocycles. The fourth-order valence-electron chi connectivity index (χ4n) is 7.04. The molecule has 16 heteroatoms. The molecule has 58 heavy (non-hydrogen) atoms. The molecular weight excluding hydrogens is 777 g/mol. The van der Waals surface area contributed by atoms with E-state index in [0.717, 1.165) is 22.7 Å². The minimum Gasteiger partial charge on any atom is -0.397 e. The van der Waals surface area contributed by atoms with Gasteiger partial charge in [0.25, 0.3) is 20.2 Å². The highest BCUT2D eigenvalue weighted by molar-refractivity contribution is 7.86. The van der Waals surface area contributed by atoms with Crippen molar-refractivity contribution in [2.24, 2.45) is 9.98 Å². The number of rotatable bonds is 8. The SMILES string of the molecule is Nc1cc2c(cc1Nc1cccc(S(=O)(=O)O)c1)N(c1ccccc1)c1cc3c(cc1=N2)N(c1ccccc1)c1cc(Nc2cccc(S(=O)(=O)O)c2)c(N)cc1N=3. The number of fused-ring (bicyclic) bond motifs is 4. The molecule has 288 valence electrons. The van der Waals surface area contributed by atoms with Crippen LogP contribution < -0.4 is 42.6 Å². The predicted molar refractivity (Wildman–Crippen MR) is 225 cm³/mol. The van der Waals surface area contributed by atoms with Crippen LogP contribution in [0.25, 0.3) is 0 Å². The zero-order valence-electron chi connectivity index (χ0n) is 30.1. The van der Waals surface area contributed by atoms with Gasteiger partial charge < -0.3 is 31.9 Å². The van der Waals surface area contributed by atoms with Gasteiger partial charge in [0.15, 0.2) is 0 Å².